The molecule has 8 heterocycles. The zero-order chi connectivity index (χ0) is 199. The van der Waals surface area contributed by atoms with Gasteiger partial charge in [-0.2, -0.15) is 0 Å². The summed E-state index contributed by atoms with van der Waals surface area (Å²) in [5.74, 6) is 4.19. The summed E-state index contributed by atoms with van der Waals surface area (Å²) in [6, 6.07) is 39.3. The first-order valence-corrected chi connectivity index (χ1v) is 45.3. The number of aromatic hydroxyl groups is 1. The molecule has 0 radical (unpaired) electrons. The quantitative estimate of drug-likeness (QED) is 0.00942. The summed E-state index contributed by atoms with van der Waals surface area (Å²) < 4.78 is 546. The Balaban J connectivity index is -0.0000000399. The second kappa shape index (κ2) is 60.6. The van der Waals surface area contributed by atoms with Crippen molar-refractivity contribution in [1.29, 1.82) is 0 Å². The summed E-state index contributed by atoms with van der Waals surface area (Å²) in [5, 5.41) is 19.5. The highest BCUT2D eigenvalue weighted by atomic mass is 79.9. The minimum atomic E-state index is -0.874. The number of pyridine rings is 6. The van der Waals surface area contributed by atoms with Crippen LogP contribution in [0.25, 0.3) is 19.4 Å². The van der Waals surface area contributed by atoms with Crippen LogP contribution in [-0.2, 0) is 49.0 Å². The Bertz CT molecular complexity index is 6120. The maximum absolute atomic E-state index is 11.8. The zero-order valence-corrected chi connectivity index (χ0v) is 85.8. The van der Waals surface area contributed by atoms with Gasteiger partial charge in [0.1, 0.15) is 79.0 Å². The number of benzene rings is 4. The number of aromatic nitrogens is 6. The number of fused-ring (bicyclic) bond motifs is 1. The van der Waals surface area contributed by atoms with Crippen molar-refractivity contribution in [1.82, 2.24) is 29.9 Å². The van der Waals surface area contributed by atoms with Crippen molar-refractivity contribution < 1.29 is 233 Å². The van der Waals surface area contributed by atoms with E-state index in [0.29, 0.717) is 212 Å². The van der Waals surface area contributed by atoms with Gasteiger partial charge < -0.3 is 103 Å². The number of phenols is 1. The van der Waals surface area contributed by atoms with Crippen molar-refractivity contribution in [2.75, 3.05) is 175 Å². The summed E-state index contributed by atoms with van der Waals surface area (Å²) in [5.41, 5.74) is 15.2. The first-order chi connectivity index (χ1) is 114. The molecule has 12 rings (SSSR count). The van der Waals surface area contributed by atoms with E-state index in [1.165, 1.54) is 43.2 Å². The molecular formula is C95H205B2Br2Cl4N17O19. The Morgan fingerprint density at radius 3 is 1.18 bits per heavy atom. The lowest BCUT2D eigenvalue weighted by Crippen LogP contribution is -2.41. The number of nitrogens with zero attached hydrogens (tertiary/aromatic N) is 15. The molecule has 6 N–H and O–H groups in total. The van der Waals surface area contributed by atoms with Crippen LogP contribution < -0.4 is 61.1 Å². The van der Waals surface area contributed by atoms with Crippen LogP contribution in [0.1, 0.15) is 247 Å². The number of likely N-dealkylation sites (N-methyl/N-ethyl adjacent to an activating group) is 5. The van der Waals surface area contributed by atoms with E-state index in [2.05, 4.69) is 88.1 Å². The molecule has 44 heteroatoms. The number of rotatable bonds is 35. The molecule has 0 atom stereocenters. The first kappa shape index (κ1) is 62.7. The van der Waals surface area contributed by atoms with Crippen molar-refractivity contribution in [3.05, 3.63) is 254 Å². The average molecular weight is 2310 g/mol. The van der Waals surface area contributed by atoms with Crippen LogP contribution in [0.4, 0.5) is 51.8 Å². The fourth-order valence-corrected chi connectivity index (χ4v) is 13.0. The summed E-state index contributed by atoms with van der Waals surface area (Å²) in [6.07, 6.45) is 4.61. The molecule has 2 aliphatic heterocycles. The van der Waals surface area contributed by atoms with Crippen LogP contribution >= 0.6 is 78.3 Å². The maximum Gasteiger partial charge on any atom is 0.495 e. The van der Waals surface area contributed by atoms with Crippen LogP contribution in [0.5, 0.6) is 40.6 Å². The number of hydrogen-bond acceptors (Lipinski definition) is 30. The van der Waals surface area contributed by atoms with Crippen molar-refractivity contribution in [2.24, 2.45) is 11.5 Å². The number of nitrogens with two attached hydrogens (primary N) is 2. The SMILES string of the molecule is CCCCOC.COCCN(C)c1nc(Cl)ccc1C(N)=O.NC(=O)c1ccc(Cl)nc1Cl.O=Cc1cc(O)ccc1Br.[2H][2H].[2H][2H].[2H][2H].[2H][2H].[2H][2H].[2H][2H].[2H][2H].[2H][2H].[2H][2H].[2H][2H].[2H][2H].[2H][2H].[2H][2H].[2H][2H].[2H][2H].[2H][2H].[2H][2H].[2H][2H].[2H][2H].[2H][2H].[2H][2H].[2H][2H].[2H][2H].[2H][2H].[2H][2H].[2H][2H].[2H][2H].[2H][2H].[2H][2H].[2H][2H].[2H][2H].[2H][2H].[2H][2H].[2H][2H].[2H][2H].[2H][2H].[2H][2H].[2H][2H].[2H][2H].[2H][2H].[2H][2H].[2H][2H].[2H][2H].[2H][2H].[2H][2H].[2H][2H].[2H][2H].[2H][2H].[C-]#[N+]c1ccc(Cl)nc1N(C)CCOC.[C-]#[N+]c1ccc(Oc2ccc(B3OC(C)(C)C(C)(C)O3)c(C=O)c2)nc1N(C)CCOC.[C-]#[N+]c1ccc(Oc2ccc(Br)c(C=O)c2)nc1N(C)CCOC.[C-]#[N+]c1ccc(Oc2ccc3c(c2)COB3O)nc1N(C)CCOC. The summed E-state index contributed by atoms with van der Waals surface area (Å²) in [6.45, 7) is 46.0. The van der Waals surface area contributed by atoms with Gasteiger partial charge in [-0.15, -0.1) is 0 Å². The normalized spacial score (nSPS) is 14.6. The van der Waals surface area contributed by atoms with E-state index in [1.807, 2.05) is 81.6 Å². The van der Waals surface area contributed by atoms with Crippen LogP contribution in [0.2, 0.25) is 20.6 Å². The molecule has 36 nitrogen and oxygen atoms in total. The third kappa shape index (κ3) is 37.4. The number of unbranched alkanes of at least 4 members (excludes halogenated alkanes) is 1. The van der Waals surface area contributed by atoms with E-state index >= 15 is 0 Å². The molecule has 0 saturated carbocycles. The van der Waals surface area contributed by atoms with E-state index in [-0.39, 0.29) is 21.6 Å². The lowest BCUT2D eigenvalue weighted by atomic mass is 9.76. The van der Waals surface area contributed by atoms with E-state index in [0.717, 1.165) is 30.2 Å². The monoisotopic (exact) mass is 2300 g/mol. The zero-order valence-electron chi connectivity index (χ0n) is 176. The van der Waals surface area contributed by atoms with Gasteiger partial charge in [-0.1, -0.05) is 104 Å². The fourth-order valence-electron chi connectivity index (χ4n) is 11.6. The Hall–Kier alpha value is -12.3. The number of anilines is 5. The Morgan fingerprint density at radius 1 is 0.468 bits per heavy atom. The van der Waals surface area contributed by atoms with Gasteiger partial charge in [0.25, 0.3) is 11.8 Å². The Morgan fingerprint density at radius 2 is 0.806 bits per heavy atom. The number of halogens is 6. The molecule has 832 valence electrons. The number of phenolic OH excluding ortho intramolecular Hbond substituents is 1. The number of carbonyl (C=O) groups is 5. The number of ether oxygens (including phenoxy) is 9. The number of carbonyl (C=O) groups excluding carboxylic acids is 5. The number of aldehydes is 3. The van der Waals surface area contributed by atoms with Crippen LogP contribution in [0, 0.1) is 26.3 Å². The van der Waals surface area contributed by atoms with Crippen molar-refractivity contribution in [3.63, 3.8) is 0 Å². The largest absolute Gasteiger partial charge is 0.508 e. The predicted octanol–water partition coefficient (Wildman–Crippen LogP) is 29.4. The summed E-state index contributed by atoms with van der Waals surface area (Å²) in [4.78, 5) is 103. The Kier molecular flexibility index (Phi) is 27.3. The van der Waals surface area contributed by atoms with Gasteiger partial charge in [-0.3, -0.25) is 24.0 Å². The molecule has 1 saturated heterocycles. The number of hydrogen-bond donors (Lipinski definition) is 4. The van der Waals surface area contributed by atoms with Gasteiger partial charge in [0.2, 0.25) is 40.4 Å². The van der Waals surface area contributed by atoms with Gasteiger partial charge in [0, 0.05) is 285 Å². The molecule has 0 bridgehead atoms. The van der Waals surface area contributed by atoms with Crippen molar-refractivity contribution in [2.45, 2.75) is 65.3 Å². The first-order valence-electron chi connectivity index (χ1n) is 90.2. The van der Waals surface area contributed by atoms with Crippen LogP contribution in [-0.4, -0.2) is 246 Å². The third-order valence-corrected chi connectivity index (χ3v) is 22.3. The highest BCUT2D eigenvalue weighted by molar-refractivity contribution is 9.10. The van der Waals surface area contributed by atoms with Crippen LogP contribution in [0.15, 0.2) is 155 Å². The number of primary amides is 2. The maximum atomic E-state index is 11.8. The van der Waals surface area contributed by atoms with Gasteiger partial charge in [-0.25, -0.2) is 49.3 Å². The molecule has 2 amide bonds. The van der Waals surface area contributed by atoms with E-state index in [4.69, 9.17) is 288 Å². The lowest BCUT2D eigenvalue weighted by Gasteiger charge is -2.32. The second-order valence-corrected chi connectivity index (χ2v) is 33.7. The van der Waals surface area contributed by atoms with E-state index < -0.39 is 37.3 Å². The number of amides is 2. The smallest absolute Gasteiger partial charge is 0.495 e. The molecule has 4 aromatic carbocycles. The van der Waals surface area contributed by atoms with Crippen molar-refractivity contribution in [3.8, 4) is 40.6 Å². The van der Waals surface area contributed by atoms with Gasteiger partial charge >= 0.3 is 14.2 Å². The van der Waals surface area contributed by atoms with Crippen LogP contribution in [0.3, 0.4) is 0 Å². The molecule has 0 spiro atoms. The minimum Gasteiger partial charge on any atom is -0.508 e. The predicted molar refractivity (Wildman–Crippen MR) is 649 cm³/mol. The Labute approximate surface area is 995 Å². The van der Waals surface area contributed by atoms with E-state index in [1.54, 1.807) is 164 Å². The molecule has 0 aliphatic carbocycles. The molecular weight excluding hydrogens is 2010 g/mol. The second-order valence-electron chi connectivity index (χ2n) is 30.5. The minimum absolute atomic E-state index is 0.0324. The average Bonchev–Trinajstić information content (AvgIpc) is 1.61. The van der Waals surface area contributed by atoms with E-state index in [9.17, 15) is 29.0 Å². The number of methoxy groups -OCH3 is 6. The highest BCUT2D eigenvalue weighted by Crippen LogP contribution is 2.39. The molecule has 6 aromatic heterocycles. The fraction of sp³-hybridized carbons (Fsp3) is 0.337. The molecule has 10 aromatic rings. The molecule has 1 fully saturated rings. The van der Waals surface area contributed by atoms with Crippen molar-refractivity contribution >= 4 is 186 Å². The highest BCUT2D eigenvalue weighted by Gasteiger charge is 2.52. The standard InChI is InChI=1S/C23H28BN3O5.C17H18BN3O4.C17H16BrN3O3.C10H14ClN3O2.C10H12ClN3O.C7H5BrO2.C6H4Cl2N2O.C5H12O.48H2/c1-22(2)23(3,4)32-24(31-22)18-9-8-17(14-16(18)15-28)30-20-11-10-19(25-5)21(26-20)27(6)12-13-29-7;1-19-15-6-7-16(20-17(15)21(2)8-9-23-3)25-13-4-5-14-12(10-13)11-24-18(14)22;1-19-15-6-7-16(20-17(15)21(2)8-9-23-3)24-13-4-5-14(18)12(10-13)11-22;1-14(5-6-16-2)10-7(9(12)15)3-4-8(11)13-10;1-12-8-4-5-9(11)13-10(8)14(2)6-7-15-3;8-7-2-1-6(10)3-5(7)4-9;7-4-2-1-3(6(9)11)5(8)10-4;1-3-4-5-6-2;;;;;;;;;;;;;;;;;;;;;;;;;;;;;;;;;;;;;;;;;;;;;;;;/h8-11,14-15H,12-13H2,1-4,6-7H3;4-7,10,22H,8-9,11H2,2-3H3;4-7,10-11H,8-9H2,2-3H3;3-4H,5-6H2,1-2H3,(H2,12,15);4-5H,6-7H2,2-3H3;1-4,10H;1-2H,(H2,9,11);3-5H2,1-2H3;48*1H/i;;;;;;;;48*1+1D. The van der Waals surface area contributed by atoms with Gasteiger partial charge in [-0.05, 0) is 184 Å². The summed E-state index contributed by atoms with van der Waals surface area (Å²) in [7, 11) is 17.5. The molecule has 0 unspecified atom stereocenters. The van der Waals surface area contributed by atoms with Gasteiger partial charge in [0.05, 0.1) is 88.3 Å². The topological polar surface area (TPSA) is 400 Å². The molecule has 139 heavy (non-hydrogen) atoms. The lowest BCUT2D eigenvalue weighted by molar-refractivity contribution is 0.00578. The van der Waals surface area contributed by atoms with Gasteiger partial charge in [0.15, 0.2) is 12.6 Å². The molecule has 2 aliphatic rings. The third-order valence-electron chi connectivity index (χ3n) is 20.0. The summed E-state index contributed by atoms with van der Waals surface area (Å²) >= 11 is 29.0.